The van der Waals surface area contributed by atoms with Gasteiger partial charge in [-0.1, -0.05) is 81.5 Å². The summed E-state index contributed by atoms with van der Waals surface area (Å²) in [5, 5.41) is 85.0. The zero-order chi connectivity index (χ0) is 104. The van der Waals surface area contributed by atoms with Gasteiger partial charge in [0.2, 0.25) is 11.8 Å². The molecule has 2 bridgehead atoms. The summed E-state index contributed by atoms with van der Waals surface area (Å²) >= 11 is 1.39. The average Bonchev–Trinajstić information content (AvgIpc) is 1.74. The van der Waals surface area contributed by atoms with E-state index in [-0.39, 0.29) is 133 Å². The molecule has 2 saturated carbocycles. The Balaban J connectivity index is 0.640. The highest BCUT2D eigenvalue weighted by molar-refractivity contribution is 7.22. The molecule has 0 spiro atoms. The second-order valence-corrected chi connectivity index (χ2v) is 39.1. The molecule has 9 N–H and O–H groups in total. The van der Waals surface area contributed by atoms with Crippen molar-refractivity contribution in [2.24, 2.45) is 29.1 Å². The first-order chi connectivity index (χ1) is 69.8. The van der Waals surface area contributed by atoms with Gasteiger partial charge in [-0.25, -0.2) is 24.4 Å². The molecule has 6 amide bonds. The molecule has 3 fully saturated rings. The Hall–Kier alpha value is -10.2. The number of carbonyl (C=O) groups is 10. The van der Waals surface area contributed by atoms with Gasteiger partial charge in [0.15, 0.2) is 22.7 Å². The van der Waals surface area contributed by atoms with Gasteiger partial charge >= 0.3 is 18.0 Å². The maximum atomic E-state index is 14.6. The SMILES string of the molecule is COCCOCCOCCOCCOCCOCCOCCOCCOCCOCCOCCN(CCC(=O)C[C@H](C(=O)N[C@@H](C)C(=O)Cc1ccc(COC(=O)N(CCOC23CC(C)CC(C)(CC(Cn4ncc(-c5ccc(N6CCc7cccc(C(=O)Nc8nc9ccccc9s8)c7C6)nc5C(=O)O)c4C)C2)C3)CCC(O)CO)c(CC[C@@H]2O[C@H](C(=O)O)[C@@H](O)[C@H](O)[C@H]2O)c1)C(C)C)C(=O)CN1C(=O)C=CC1=O. The number of aliphatic hydroxyl groups excluding tert-OH is 5. The lowest BCUT2D eigenvalue weighted by Crippen LogP contribution is -2.59. The van der Waals surface area contributed by atoms with E-state index in [1.807, 2.05) is 52.9 Å². The third-order valence-electron chi connectivity index (χ3n) is 26.6. The van der Waals surface area contributed by atoms with Gasteiger partial charge < -0.3 is 122 Å². The minimum Gasteiger partial charge on any atom is -0.479 e. The van der Waals surface area contributed by atoms with E-state index in [2.05, 4.69) is 29.5 Å². The van der Waals surface area contributed by atoms with Crippen LogP contribution in [0, 0.1) is 36.0 Å². The van der Waals surface area contributed by atoms with Gasteiger partial charge in [0.05, 0.1) is 192 Å². The number of hydrogen-bond donors (Lipinski definition) is 9. The van der Waals surface area contributed by atoms with Crippen LogP contribution in [0.1, 0.15) is 147 Å². The van der Waals surface area contributed by atoms with E-state index in [0.29, 0.717) is 189 Å². The minimum atomic E-state index is -1.96. The second-order valence-electron chi connectivity index (χ2n) is 38.1. The Kier molecular flexibility index (Phi) is 46.5. The van der Waals surface area contributed by atoms with E-state index < -0.39 is 126 Å². The molecular weight excluding hydrogens is 1910 g/mol. The number of aryl methyl sites for hydroxylation is 1. The van der Waals surface area contributed by atoms with Gasteiger partial charge in [-0.3, -0.25) is 48.5 Å². The van der Waals surface area contributed by atoms with Crippen molar-refractivity contribution in [2.45, 2.75) is 187 Å². The molecule has 5 aliphatic rings. The number of carboxylic acids is 2. The summed E-state index contributed by atoms with van der Waals surface area (Å²) in [6, 6.07) is 20.6. The predicted octanol–water partition coefficient (Wildman–Crippen LogP) is 6.42. The number of nitrogens with one attached hydrogen (secondary N) is 2. The third kappa shape index (κ3) is 35.3. The summed E-state index contributed by atoms with van der Waals surface area (Å²) in [5.74, 6) is -7.10. The van der Waals surface area contributed by atoms with E-state index in [9.17, 15) is 83.7 Å². The van der Waals surface area contributed by atoms with Crippen LogP contribution in [-0.2, 0) is 139 Å². The van der Waals surface area contributed by atoms with E-state index in [1.54, 1.807) is 63.6 Å². The van der Waals surface area contributed by atoms with Crippen molar-refractivity contribution >= 4 is 91.6 Å². The molecule has 3 aliphatic heterocycles. The molecule has 41 nitrogen and oxygen atoms in total. The molecule has 3 aromatic carbocycles. The fraction of sp³-hybridized carbons (Fsp3) is 0.621. The number of Topliss-reactive ketones (excluding diaryl/α,β-unsaturated/α-hetero) is 2. The highest BCUT2D eigenvalue weighted by Crippen LogP contribution is 2.56. The number of thiazole rings is 1. The molecule has 6 heterocycles. The number of amides is 6. The van der Waals surface area contributed by atoms with E-state index in [0.717, 1.165) is 69.8 Å². The zero-order valence-corrected chi connectivity index (χ0v) is 84.9. The number of aliphatic hydroxyl groups is 5. The molecule has 3 aromatic heterocycles. The van der Waals surface area contributed by atoms with Crippen molar-refractivity contribution in [1.29, 1.82) is 0 Å². The smallest absolute Gasteiger partial charge is 0.410 e. The van der Waals surface area contributed by atoms with Gasteiger partial charge in [0, 0.05) is 113 Å². The number of pyridine rings is 1. The van der Waals surface area contributed by atoms with Crippen LogP contribution in [0.2, 0.25) is 0 Å². The Labute approximate surface area is 848 Å². The van der Waals surface area contributed by atoms with E-state index in [4.69, 9.17) is 76.4 Å². The van der Waals surface area contributed by atoms with Gasteiger partial charge in [-0.05, 0) is 153 Å². The molecule has 2 aliphatic carbocycles. The number of ether oxygens (including phenoxy) is 14. The number of aliphatic carboxylic acids is 1. The number of rotatable bonds is 67. The molecule has 1 saturated heterocycles. The summed E-state index contributed by atoms with van der Waals surface area (Å²) in [6.45, 7) is 18.9. The number of hydrogen-bond acceptors (Lipinski definition) is 34. The molecule has 11 rings (SSSR count). The third-order valence-corrected chi connectivity index (χ3v) is 27.5. The Bertz CT molecular complexity index is 5180. The van der Waals surface area contributed by atoms with Crippen LogP contribution in [0.5, 0.6) is 0 Å². The average molecular weight is 2050 g/mol. The lowest BCUT2D eigenvalue weighted by Gasteiger charge is -2.55. The summed E-state index contributed by atoms with van der Waals surface area (Å²) in [6.07, 6.45) is -3.54. The molecule has 145 heavy (non-hydrogen) atoms. The summed E-state index contributed by atoms with van der Waals surface area (Å²) in [7, 11) is 1.62. The lowest BCUT2D eigenvalue weighted by atomic mass is 9.55. The van der Waals surface area contributed by atoms with Crippen molar-refractivity contribution in [2.75, 3.05) is 209 Å². The largest absolute Gasteiger partial charge is 0.479 e. The normalized spacial score (nSPS) is 20.5. The molecule has 6 aromatic rings. The summed E-state index contributed by atoms with van der Waals surface area (Å²) in [5.41, 5.74) is 5.19. The van der Waals surface area contributed by atoms with Crippen LogP contribution >= 0.6 is 11.3 Å². The number of para-hydroxylation sites is 1. The highest BCUT2D eigenvalue weighted by Gasteiger charge is 2.52. The van der Waals surface area contributed by atoms with Gasteiger partial charge in [0.1, 0.15) is 43.1 Å². The highest BCUT2D eigenvalue weighted by atomic mass is 32.1. The number of aromatic nitrogens is 4. The summed E-state index contributed by atoms with van der Waals surface area (Å²) < 4.78 is 82.0. The fourth-order valence-electron chi connectivity index (χ4n) is 19.3. The van der Waals surface area contributed by atoms with Crippen LogP contribution in [0.25, 0.3) is 21.3 Å². The first-order valence-electron chi connectivity index (χ1n) is 49.9. The topological polar surface area (TPSA) is 522 Å². The van der Waals surface area contributed by atoms with Gasteiger partial charge in [-0.15, -0.1) is 0 Å². The van der Waals surface area contributed by atoms with Gasteiger partial charge in [0.25, 0.3) is 17.7 Å². The number of aromatic carboxylic acids is 1. The number of anilines is 2. The number of fused-ring (bicyclic) bond motifs is 4. The minimum absolute atomic E-state index is 0.000451. The first kappa shape index (κ1) is 115. The van der Waals surface area contributed by atoms with Crippen LogP contribution in [0.4, 0.5) is 15.7 Å². The standard InChI is InChI=1S/C103H144N10O31S/c1-67(2)80(55-76(115)24-27-109(90(120)63-112-88(118)21-22-89(112)119)29-31-132-35-36-134-39-40-136-43-44-138-47-48-140-51-52-141-50-49-139-46-45-137-42-41-135-38-37-133-34-33-131-7)97(125)105-69(4)84(117)54-71-15-16-75(74(53-71)17-19-85-92(121)93(122)94(123)95(144-85)99(128)129)65-142-101(130)110(28-25-77(116)64-114)30-32-143-103-57-68(3)56-102(6,66-103)58-72(59-103)61-113-70(5)81(60-104-113)78-18-20-87(107-91(78)98(126)127)111-26-23-73-11-10-12-79(82(73)62-111)96(124)108-100-106-83-13-8-9-14-86(83)145-100/h8-16,18,20-22,53,60,67-69,72,77,80,85,92-95,114,116,121-123H,17,19,23-52,54-59,61-66H2,1-7H3,(H,105,125)(H,126,127)(H,128,129)(H,106,108,124)/t68?,69-,72?,77?,80-,85-,92-,93+,94-,95-,102?,103?/m0/s1. The number of methoxy groups -OCH3 is 1. The van der Waals surface area contributed by atoms with Crippen LogP contribution in [0.3, 0.4) is 0 Å². The van der Waals surface area contributed by atoms with Crippen LogP contribution < -0.4 is 15.5 Å². The second kappa shape index (κ2) is 58.5. The number of benzene rings is 3. The van der Waals surface area contributed by atoms with Crippen molar-refractivity contribution in [3.05, 3.63) is 136 Å². The maximum Gasteiger partial charge on any atom is 0.410 e. The fourth-order valence-corrected chi connectivity index (χ4v) is 20.2. The molecule has 12 atom stereocenters. The molecule has 798 valence electrons. The number of nitrogens with zero attached hydrogens (tertiary/aromatic N) is 8. The lowest BCUT2D eigenvalue weighted by molar-refractivity contribution is -0.228. The van der Waals surface area contributed by atoms with Crippen molar-refractivity contribution in [1.82, 2.24) is 39.8 Å². The van der Waals surface area contributed by atoms with Crippen molar-refractivity contribution in [3.8, 4) is 11.1 Å². The Morgan fingerprint density at radius 1 is 0.669 bits per heavy atom. The van der Waals surface area contributed by atoms with E-state index in [1.165, 1.54) is 28.1 Å². The number of carboxylic acid groups (broad SMARTS) is 2. The van der Waals surface area contributed by atoms with Crippen molar-refractivity contribution in [3.63, 3.8) is 0 Å². The van der Waals surface area contributed by atoms with Crippen molar-refractivity contribution < 1.29 is 150 Å². The van der Waals surface area contributed by atoms with Crippen LogP contribution in [-0.4, -0.2) is 376 Å². The Morgan fingerprint density at radius 2 is 1.29 bits per heavy atom. The van der Waals surface area contributed by atoms with Crippen LogP contribution in [0.15, 0.2) is 91.1 Å². The molecule has 0 radical (unpaired) electrons. The molecule has 42 heteroatoms. The molecular formula is C103H144N10O31S. The zero-order valence-electron chi connectivity index (χ0n) is 84.0. The first-order valence-corrected chi connectivity index (χ1v) is 50.7. The Morgan fingerprint density at radius 3 is 1.90 bits per heavy atom. The summed E-state index contributed by atoms with van der Waals surface area (Å²) in [4.78, 5) is 150. The molecule has 5 unspecified atom stereocenters. The number of imide groups is 1. The predicted molar refractivity (Wildman–Crippen MR) is 528 cm³/mol. The number of ketones is 2. The van der Waals surface area contributed by atoms with Gasteiger partial charge in [-0.2, -0.15) is 5.10 Å². The monoisotopic (exact) mass is 2050 g/mol. The number of carbonyl (C=O) groups excluding carboxylic acids is 8. The maximum absolute atomic E-state index is 14.6. The quantitative estimate of drug-likeness (QED) is 0.0147. The van der Waals surface area contributed by atoms with E-state index >= 15 is 0 Å².